The third-order valence-electron chi connectivity index (χ3n) is 7.60. The van der Waals surface area contributed by atoms with Gasteiger partial charge in [-0.2, -0.15) is 0 Å². The molecule has 1 aliphatic heterocycles. The average molecular weight is 540 g/mol. The van der Waals surface area contributed by atoms with Gasteiger partial charge >= 0.3 is 5.97 Å². The predicted octanol–water partition coefficient (Wildman–Crippen LogP) is 5.56. The Kier molecular flexibility index (Phi) is 7.91. The number of aromatic hydroxyl groups is 1. The number of benzene rings is 3. The fraction of sp³-hybridized carbons (Fsp3) is 0.273. The van der Waals surface area contributed by atoms with Crippen LogP contribution in [0.3, 0.4) is 0 Å². The Bertz CT molecular complexity index is 1490. The molecule has 0 amide bonds. The van der Waals surface area contributed by atoms with Gasteiger partial charge in [-0.25, -0.2) is 4.79 Å². The second-order valence-electron chi connectivity index (χ2n) is 10.1. The summed E-state index contributed by atoms with van der Waals surface area (Å²) in [6, 6.07) is 22.3. The normalized spacial score (nSPS) is 18.6. The SMILES string of the molecule is COc1ccc(C2CC(=O)C3=C(C2)NC(C)=C(C(=O)OCCc2ccccc2)C3c2cccc(O)c2)cc1OC. The van der Waals surface area contributed by atoms with Crippen LogP contribution in [0.1, 0.15) is 48.3 Å². The molecular weight excluding hydrogens is 506 g/mol. The first kappa shape index (κ1) is 27.1. The van der Waals surface area contributed by atoms with Gasteiger partial charge in [0.1, 0.15) is 5.75 Å². The fourth-order valence-electron chi connectivity index (χ4n) is 5.67. The summed E-state index contributed by atoms with van der Waals surface area (Å²) < 4.78 is 16.6. The van der Waals surface area contributed by atoms with Gasteiger partial charge in [0, 0.05) is 35.7 Å². The standard InChI is InChI=1S/C33H33NO6/c1-20-30(33(37)40-15-14-21-8-5-4-6-9-21)31(23-10-7-11-25(35)16-23)32-26(34-20)17-24(18-27(32)36)22-12-13-28(38-2)29(19-22)39-3/h4-13,16,19,24,31,34-35H,14-15,17-18H2,1-3H3. The summed E-state index contributed by atoms with van der Waals surface area (Å²) >= 11 is 0. The zero-order valence-corrected chi connectivity index (χ0v) is 22.9. The number of hydrogen-bond acceptors (Lipinski definition) is 7. The summed E-state index contributed by atoms with van der Waals surface area (Å²) in [7, 11) is 3.18. The number of dihydropyridines is 1. The molecule has 0 spiro atoms. The lowest BCUT2D eigenvalue weighted by Gasteiger charge is -2.36. The first-order valence-electron chi connectivity index (χ1n) is 13.4. The van der Waals surface area contributed by atoms with E-state index in [4.69, 9.17) is 14.2 Å². The first-order chi connectivity index (χ1) is 19.4. The molecule has 0 bridgehead atoms. The number of carbonyl (C=O) groups excluding carboxylic acids is 2. The molecule has 0 fully saturated rings. The molecule has 7 heteroatoms. The summed E-state index contributed by atoms with van der Waals surface area (Å²) in [6.45, 7) is 2.05. The molecule has 7 nitrogen and oxygen atoms in total. The maximum Gasteiger partial charge on any atom is 0.336 e. The molecule has 0 radical (unpaired) electrons. The van der Waals surface area contributed by atoms with Gasteiger partial charge in [0.25, 0.3) is 0 Å². The van der Waals surface area contributed by atoms with Crippen LogP contribution in [0.5, 0.6) is 17.2 Å². The zero-order chi connectivity index (χ0) is 28.2. The van der Waals surface area contributed by atoms with E-state index in [1.807, 2.05) is 61.5 Å². The number of methoxy groups -OCH3 is 2. The Labute approximate surface area is 234 Å². The van der Waals surface area contributed by atoms with E-state index < -0.39 is 11.9 Å². The van der Waals surface area contributed by atoms with E-state index in [-0.39, 0.29) is 30.5 Å². The third-order valence-corrected chi connectivity index (χ3v) is 7.60. The molecule has 2 atom stereocenters. The molecule has 3 aromatic carbocycles. The number of hydrogen-bond donors (Lipinski definition) is 2. The second kappa shape index (κ2) is 11.7. The molecule has 2 unspecified atom stereocenters. The van der Waals surface area contributed by atoms with Crippen molar-refractivity contribution in [2.75, 3.05) is 20.8 Å². The Morgan fingerprint density at radius 2 is 1.70 bits per heavy atom. The van der Waals surface area contributed by atoms with Crippen molar-refractivity contribution in [3.05, 3.63) is 112 Å². The fourth-order valence-corrected chi connectivity index (χ4v) is 5.67. The molecule has 2 aliphatic rings. The van der Waals surface area contributed by atoms with E-state index in [1.165, 1.54) is 0 Å². The number of carbonyl (C=O) groups is 2. The molecule has 40 heavy (non-hydrogen) atoms. The molecule has 206 valence electrons. The Hall–Kier alpha value is -4.52. The molecular formula is C33H33NO6. The van der Waals surface area contributed by atoms with E-state index in [1.54, 1.807) is 32.4 Å². The topological polar surface area (TPSA) is 94.1 Å². The van der Waals surface area contributed by atoms with Crippen molar-refractivity contribution in [2.24, 2.45) is 0 Å². The molecule has 0 aromatic heterocycles. The van der Waals surface area contributed by atoms with Crippen molar-refractivity contribution in [3.8, 4) is 17.2 Å². The lowest BCUT2D eigenvalue weighted by Crippen LogP contribution is -2.36. The quantitative estimate of drug-likeness (QED) is 0.362. The van der Waals surface area contributed by atoms with E-state index in [9.17, 15) is 14.7 Å². The number of esters is 1. The number of allylic oxidation sites excluding steroid dienone is 3. The number of Topliss-reactive ketones (excluding diaryl/α,β-unsaturated/α-hetero) is 1. The van der Waals surface area contributed by atoms with Crippen LogP contribution in [-0.2, 0) is 20.7 Å². The van der Waals surface area contributed by atoms with E-state index >= 15 is 0 Å². The zero-order valence-electron chi connectivity index (χ0n) is 22.9. The molecule has 5 rings (SSSR count). The van der Waals surface area contributed by atoms with Crippen molar-refractivity contribution in [2.45, 2.75) is 38.0 Å². The lowest BCUT2D eigenvalue weighted by atomic mass is 9.71. The largest absolute Gasteiger partial charge is 0.508 e. The van der Waals surface area contributed by atoms with Crippen LogP contribution in [0.25, 0.3) is 0 Å². The lowest BCUT2D eigenvalue weighted by molar-refractivity contribution is -0.139. The van der Waals surface area contributed by atoms with Crippen LogP contribution >= 0.6 is 0 Å². The van der Waals surface area contributed by atoms with Gasteiger partial charge in [0.05, 0.1) is 26.4 Å². The summed E-state index contributed by atoms with van der Waals surface area (Å²) in [5.74, 6) is 0.0565. The molecule has 2 N–H and O–H groups in total. The number of ketones is 1. The van der Waals surface area contributed by atoms with E-state index in [2.05, 4.69) is 5.32 Å². The van der Waals surface area contributed by atoms with Gasteiger partial charge in [-0.05, 0) is 60.2 Å². The van der Waals surface area contributed by atoms with Crippen LogP contribution < -0.4 is 14.8 Å². The molecule has 0 saturated carbocycles. The van der Waals surface area contributed by atoms with Crippen molar-refractivity contribution in [1.82, 2.24) is 5.32 Å². The second-order valence-corrected chi connectivity index (χ2v) is 10.1. The third kappa shape index (κ3) is 5.45. The minimum atomic E-state index is -0.647. The number of ether oxygens (including phenoxy) is 3. The molecule has 3 aromatic rings. The summed E-state index contributed by atoms with van der Waals surface area (Å²) in [4.78, 5) is 27.4. The maximum atomic E-state index is 13.8. The molecule has 0 saturated heterocycles. The van der Waals surface area contributed by atoms with Gasteiger partial charge in [0.15, 0.2) is 17.3 Å². The highest BCUT2D eigenvalue weighted by Gasteiger charge is 2.41. The first-order valence-corrected chi connectivity index (χ1v) is 13.4. The molecule has 1 heterocycles. The van der Waals surface area contributed by atoms with Crippen LogP contribution in [0.15, 0.2) is 95.3 Å². The number of phenols is 1. The Morgan fingerprint density at radius 1 is 0.925 bits per heavy atom. The summed E-state index contributed by atoms with van der Waals surface area (Å²) in [6.07, 6.45) is 1.45. The maximum absolute atomic E-state index is 13.8. The van der Waals surface area contributed by atoms with Crippen molar-refractivity contribution >= 4 is 11.8 Å². The Balaban J connectivity index is 1.46. The monoisotopic (exact) mass is 539 g/mol. The van der Waals surface area contributed by atoms with Crippen molar-refractivity contribution in [1.29, 1.82) is 0 Å². The van der Waals surface area contributed by atoms with Crippen LogP contribution in [0.4, 0.5) is 0 Å². The number of nitrogens with one attached hydrogen (secondary N) is 1. The summed E-state index contributed by atoms with van der Waals surface area (Å²) in [5, 5.41) is 13.6. The van der Waals surface area contributed by atoms with E-state index in [0.717, 1.165) is 16.8 Å². The Morgan fingerprint density at radius 3 is 2.42 bits per heavy atom. The number of phenolic OH excluding ortho intramolecular Hbond substituents is 1. The minimum Gasteiger partial charge on any atom is -0.508 e. The van der Waals surface area contributed by atoms with Crippen molar-refractivity contribution < 1.29 is 28.9 Å². The van der Waals surface area contributed by atoms with Crippen LogP contribution in [0, 0.1) is 0 Å². The van der Waals surface area contributed by atoms with Crippen LogP contribution in [-0.4, -0.2) is 37.7 Å². The van der Waals surface area contributed by atoms with Gasteiger partial charge < -0.3 is 24.6 Å². The van der Waals surface area contributed by atoms with E-state index in [0.29, 0.717) is 46.7 Å². The summed E-state index contributed by atoms with van der Waals surface area (Å²) in [5.41, 5.74) is 5.06. The van der Waals surface area contributed by atoms with Gasteiger partial charge in [0.2, 0.25) is 0 Å². The highest BCUT2D eigenvalue weighted by atomic mass is 16.5. The highest BCUT2D eigenvalue weighted by Crippen LogP contribution is 2.46. The molecule has 1 aliphatic carbocycles. The predicted molar refractivity (Wildman–Crippen MR) is 151 cm³/mol. The smallest absolute Gasteiger partial charge is 0.336 e. The number of rotatable bonds is 8. The average Bonchev–Trinajstić information content (AvgIpc) is 2.96. The minimum absolute atomic E-state index is 0.0519. The van der Waals surface area contributed by atoms with Gasteiger partial charge in [-0.15, -0.1) is 0 Å². The van der Waals surface area contributed by atoms with Crippen LogP contribution in [0.2, 0.25) is 0 Å². The highest BCUT2D eigenvalue weighted by molar-refractivity contribution is 6.04. The van der Waals surface area contributed by atoms with Gasteiger partial charge in [-0.1, -0.05) is 48.5 Å². The van der Waals surface area contributed by atoms with Crippen molar-refractivity contribution in [3.63, 3.8) is 0 Å². The van der Waals surface area contributed by atoms with Gasteiger partial charge in [-0.3, -0.25) is 4.79 Å².